The number of nitrogens with one attached hydrogen (secondary N) is 3. The molecule has 8 nitrogen and oxygen atoms in total. The van der Waals surface area contributed by atoms with Gasteiger partial charge in [-0.3, -0.25) is 19.1 Å². The summed E-state index contributed by atoms with van der Waals surface area (Å²) in [6.07, 6.45) is 0.796. The van der Waals surface area contributed by atoms with E-state index in [1.807, 2.05) is 12.2 Å². The summed E-state index contributed by atoms with van der Waals surface area (Å²) in [6.45, 7) is 3.81. The minimum atomic E-state index is -4.56. The van der Waals surface area contributed by atoms with Gasteiger partial charge in [-0.05, 0) is 93.5 Å². The number of hydrogen-bond donors (Lipinski definition) is 3. The molecule has 0 saturated heterocycles. The summed E-state index contributed by atoms with van der Waals surface area (Å²) in [7, 11) is 0. The van der Waals surface area contributed by atoms with Crippen molar-refractivity contribution in [3.63, 3.8) is 0 Å². The first-order chi connectivity index (χ1) is 18.4. The van der Waals surface area contributed by atoms with E-state index >= 15 is 4.39 Å². The lowest BCUT2D eigenvalue weighted by atomic mass is 9.88. The molecule has 2 aromatic rings. The van der Waals surface area contributed by atoms with Gasteiger partial charge in [-0.15, -0.1) is 0 Å². The maximum atomic E-state index is 15.2. The molecule has 3 N–H and O–H groups in total. The molecule has 0 bridgehead atoms. The molecule has 4 rings (SSSR count). The van der Waals surface area contributed by atoms with Crippen LogP contribution in [0.25, 0.3) is 0 Å². The van der Waals surface area contributed by atoms with Crippen molar-refractivity contribution in [1.29, 1.82) is 0 Å². The summed E-state index contributed by atoms with van der Waals surface area (Å²) >= 11 is 0. The number of alkyl halides is 3. The van der Waals surface area contributed by atoms with Crippen molar-refractivity contribution in [2.45, 2.75) is 71.1 Å². The van der Waals surface area contributed by atoms with Crippen LogP contribution in [0.3, 0.4) is 0 Å². The van der Waals surface area contributed by atoms with Gasteiger partial charge in [0.2, 0.25) is 11.8 Å². The van der Waals surface area contributed by atoms with Crippen LogP contribution in [0.15, 0.2) is 24.4 Å². The van der Waals surface area contributed by atoms with Crippen LogP contribution in [0.1, 0.15) is 67.1 Å². The zero-order valence-corrected chi connectivity index (χ0v) is 22.1. The lowest BCUT2D eigenvalue weighted by molar-refractivity contribution is -0.139. The average molecular weight is 552 g/mol. The van der Waals surface area contributed by atoms with E-state index in [1.165, 1.54) is 23.9 Å². The minimum Gasteiger partial charge on any atom is -0.346 e. The number of aryl methyl sites for hydroxylation is 2. The SMILES string of the molecule is CCn1nccc1C(=O)N[C@H](C(=O)Nc1cc(C)c(C(C)C(=O)NCC(F)(F)F)cc1F)C(C1CC1)C1CC1. The van der Waals surface area contributed by atoms with Gasteiger partial charge in [-0.1, -0.05) is 0 Å². The highest BCUT2D eigenvalue weighted by Crippen LogP contribution is 2.51. The lowest BCUT2D eigenvalue weighted by Crippen LogP contribution is -2.50. The van der Waals surface area contributed by atoms with Gasteiger partial charge in [0, 0.05) is 12.7 Å². The second kappa shape index (κ2) is 11.4. The Kier molecular flexibility index (Phi) is 8.31. The Morgan fingerprint density at radius 1 is 1.10 bits per heavy atom. The molecule has 1 unspecified atom stereocenters. The summed E-state index contributed by atoms with van der Waals surface area (Å²) in [5, 5.41) is 11.4. The third-order valence-corrected chi connectivity index (χ3v) is 7.47. The van der Waals surface area contributed by atoms with Crippen molar-refractivity contribution in [3.8, 4) is 0 Å². The van der Waals surface area contributed by atoms with E-state index in [0.717, 1.165) is 31.7 Å². The summed E-state index contributed by atoms with van der Waals surface area (Å²) in [4.78, 5) is 38.9. The van der Waals surface area contributed by atoms with Crippen molar-refractivity contribution >= 4 is 23.4 Å². The molecular weight excluding hydrogens is 518 g/mol. The molecule has 1 aromatic heterocycles. The molecule has 0 aliphatic heterocycles. The van der Waals surface area contributed by atoms with Gasteiger partial charge in [-0.2, -0.15) is 18.3 Å². The van der Waals surface area contributed by atoms with E-state index in [0.29, 0.717) is 29.6 Å². The second-order valence-corrected chi connectivity index (χ2v) is 10.5. The minimum absolute atomic E-state index is 0.0762. The van der Waals surface area contributed by atoms with E-state index in [9.17, 15) is 27.6 Å². The number of hydrogen-bond acceptors (Lipinski definition) is 4. The van der Waals surface area contributed by atoms with Gasteiger partial charge in [-0.25, -0.2) is 4.39 Å². The molecule has 2 fully saturated rings. The van der Waals surface area contributed by atoms with Crippen molar-refractivity contribution in [1.82, 2.24) is 20.4 Å². The first-order valence-electron chi connectivity index (χ1n) is 13.2. The number of carbonyl (C=O) groups excluding carboxylic acids is 3. The maximum absolute atomic E-state index is 15.2. The summed E-state index contributed by atoms with van der Waals surface area (Å²) in [6, 6.07) is 3.09. The molecule has 2 saturated carbocycles. The van der Waals surface area contributed by atoms with Crippen molar-refractivity contribution < 1.29 is 31.9 Å². The average Bonchev–Trinajstić information content (AvgIpc) is 3.82. The highest BCUT2D eigenvalue weighted by atomic mass is 19.4. The van der Waals surface area contributed by atoms with Gasteiger partial charge in [0.15, 0.2) is 0 Å². The van der Waals surface area contributed by atoms with Gasteiger partial charge in [0.05, 0.1) is 11.6 Å². The molecule has 2 aliphatic carbocycles. The zero-order valence-electron chi connectivity index (χ0n) is 22.1. The molecule has 0 spiro atoms. The molecule has 39 heavy (non-hydrogen) atoms. The second-order valence-electron chi connectivity index (χ2n) is 10.5. The maximum Gasteiger partial charge on any atom is 0.405 e. The van der Waals surface area contributed by atoms with Gasteiger partial charge in [0.25, 0.3) is 5.91 Å². The molecule has 212 valence electrons. The molecular formula is C27H33F4N5O3. The topological polar surface area (TPSA) is 105 Å². The van der Waals surface area contributed by atoms with Gasteiger partial charge < -0.3 is 16.0 Å². The Bertz CT molecular complexity index is 1220. The molecule has 12 heteroatoms. The third kappa shape index (κ3) is 6.96. The third-order valence-electron chi connectivity index (χ3n) is 7.47. The van der Waals surface area contributed by atoms with Crippen LogP contribution in [0.2, 0.25) is 0 Å². The number of anilines is 1. The monoisotopic (exact) mass is 551 g/mol. The van der Waals surface area contributed by atoms with Crippen LogP contribution in [0.4, 0.5) is 23.2 Å². The zero-order chi connectivity index (χ0) is 28.5. The van der Waals surface area contributed by atoms with E-state index in [-0.39, 0.29) is 17.2 Å². The Morgan fingerprint density at radius 2 is 1.74 bits per heavy atom. The van der Waals surface area contributed by atoms with Crippen LogP contribution in [0.5, 0.6) is 0 Å². The number of halogens is 4. The molecule has 1 heterocycles. The van der Waals surface area contributed by atoms with Crippen LogP contribution in [0, 0.1) is 30.5 Å². The predicted octanol–water partition coefficient (Wildman–Crippen LogP) is 4.31. The molecule has 2 atom stereocenters. The van der Waals surface area contributed by atoms with Crippen LogP contribution < -0.4 is 16.0 Å². The highest BCUT2D eigenvalue weighted by molar-refractivity contribution is 6.01. The first kappa shape index (κ1) is 28.6. The smallest absolute Gasteiger partial charge is 0.346 e. The van der Waals surface area contributed by atoms with E-state index in [1.54, 1.807) is 13.0 Å². The number of aromatic nitrogens is 2. The van der Waals surface area contributed by atoms with Crippen LogP contribution >= 0.6 is 0 Å². The highest BCUT2D eigenvalue weighted by Gasteiger charge is 2.48. The normalized spacial score (nSPS) is 17.0. The number of amides is 3. The fourth-order valence-electron chi connectivity index (χ4n) is 5.17. The predicted molar refractivity (Wildman–Crippen MR) is 135 cm³/mol. The van der Waals surface area contributed by atoms with Crippen molar-refractivity contribution in [3.05, 3.63) is 47.0 Å². The Labute approximate surface area is 223 Å². The van der Waals surface area contributed by atoms with Gasteiger partial charge >= 0.3 is 6.18 Å². The summed E-state index contributed by atoms with van der Waals surface area (Å²) in [5.74, 6) is -3.23. The Morgan fingerprint density at radius 3 is 2.31 bits per heavy atom. The van der Waals surface area contributed by atoms with E-state index < -0.39 is 48.2 Å². The van der Waals surface area contributed by atoms with E-state index in [4.69, 9.17) is 0 Å². The number of benzene rings is 1. The van der Waals surface area contributed by atoms with E-state index in [2.05, 4.69) is 15.7 Å². The lowest BCUT2D eigenvalue weighted by Gasteiger charge is -2.28. The summed E-state index contributed by atoms with van der Waals surface area (Å²) in [5.41, 5.74) is 0.823. The molecule has 3 amide bonds. The number of rotatable bonds is 11. The van der Waals surface area contributed by atoms with Gasteiger partial charge in [0.1, 0.15) is 24.1 Å². The Hall–Kier alpha value is -3.44. The summed E-state index contributed by atoms with van der Waals surface area (Å²) < 4.78 is 54.1. The fourth-order valence-corrected chi connectivity index (χ4v) is 5.17. The molecule has 2 aliphatic rings. The van der Waals surface area contributed by atoms with Crippen molar-refractivity contribution in [2.75, 3.05) is 11.9 Å². The largest absolute Gasteiger partial charge is 0.405 e. The molecule has 1 aromatic carbocycles. The molecule has 0 radical (unpaired) electrons. The number of carbonyl (C=O) groups is 3. The fraction of sp³-hybridized carbons (Fsp3) is 0.556. The first-order valence-corrected chi connectivity index (χ1v) is 13.2. The quantitative estimate of drug-likeness (QED) is 0.362. The standard InChI is InChI=1S/C27H33F4N5O3/c1-4-36-21(9-10-33-36)25(38)35-23(22(16-5-6-16)17-7-8-17)26(39)34-20-11-14(2)18(12-19(20)28)15(3)24(37)32-13-27(29,30)31/h9-12,15-17,22-23H,4-8,13H2,1-3H3,(H,32,37)(H,34,39)(H,35,38)/t15?,23-/m0/s1. The van der Waals surface area contributed by atoms with Crippen LogP contribution in [-0.2, 0) is 16.1 Å². The Balaban J connectivity index is 1.53. The van der Waals surface area contributed by atoms with Crippen LogP contribution in [-0.4, -0.2) is 46.3 Å². The number of nitrogens with zero attached hydrogens (tertiary/aromatic N) is 2. The van der Waals surface area contributed by atoms with Crippen molar-refractivity contribution in [2.24, 2.45) is 17.8 Å².